The van der Waals surface area contributed by atoms with Crippen LogP contribution in [0, 0.1) is 5.92 Å². The van der Waals surface area contributed by atoms with Crippen molar-refractivity contribution in [3.05, 3.63) is 0 Å². The second-order valence-corrected chi connectivity index (χ2v) is 5.67. The van der Waals surface area contributed by atoms with E-state index in [2.05, 4.69) is 5.32 Å². The number of nitrogens with zero attached hydrogens (tertiary/aromatic N) is 1. The normalized spacial score (nSPS) is 41.9. The van der Waals surface area contributed by atoms with E-state index in [9.17, 15) is 4.79 Å². The lowest BCUT2D eigenvalue weighted by Crippen LogP contribution is -2.49. The van der Waals surface area contributed by atoms with E-state index < -0.39 is 0 Å². The number of likely N-dealkylation sites (N-methyl/N-ethyl adjacent to an activating group) is 1. The first kappa shape index (κ1) is 11.5. The van der Waals surface area contributed by atoms with E-state index in [0.717, 1.165) is 19.6 Å². The molecule has 2 heterocycles. The highest BCUT2D eigenvalue weighted by atomic mass is 16.5. The third-order valence-electron chi connectivity index (χ3n) is 4.62. The molecule has 0 unspecified atom stereocenters. The monoisotopic (exact) mass is 238 g/mol. The Kier molecular flexibility index (Phi) is 3.09. The number of ether oxygens (including phenoxy) is 1. The fourth-order valence-corrected chi connectivity index (χ4v) is 3.62. The van der Waals surface area contributed by atoms with Gasteiger partial charge >= 0.3 is 0 Å². The Morgan fingerprint density at radius 1 is 1.29 bits per heavy atom. The molecule has 4 atom stereocenters. The molecule has 2 aliphatic heterocycles. The van der Waals surface area contributed by atoms with Crippen LogP contribution in [0.25, 0.3) is 0 Å². The number of amides is 1. The number of nitrogens with one attached hydrogen (secondary N) is 1. The number of hydrogen-bond donors (Lipinski definition) is 1. The molecule has 0 radical (unpaired) electrons. The SMILES string of the molecule is CN1CC[C@H](N[C@@H]2CCC[C@@H]3OCC[C@@H]32)C1=O. The maximum atomic E-state index is 11.9. The Bertz CT molecular complexity index is 308. The lowest BCUT2D eigenvalue weighted by Gasteiger charge is -2.34. The summed E-state index contributed by atoms with van der Waals surface area (Å²) < 4.78 is 5.76. The van der Waals surface area contributed by atoms with E-state index in [-0.39, 0.29) is 11.9 Å². The highest BCUT2D eigenvalue weighted by molar-refractivity contribution is 5.83. The van der Waals surface area contributed by atoms with Gasteiger partial charge in [0.25, 0.3) is 0 Å². The second-order valence-electron chi connectivity index (χ2n) is 5.67. The van der Waals surface area contributed by atoms with Crippen LogP contribution < -0.4 is 5.32 Å². The summed E-state index contributed by atoms with van der Waals surface area (Å²) in [6.07, 6.45) is 6.23. The average molecular weight is 238 g/mol. The highest BCUT2D eigenvalue weighted by Crippen LogP contribution is 2.34. The molecule has 2 saturated heterocycles. The number of fused-ring (bicyclic) bond motifs is 1. The first-order valence-corrected chi connectivity index (χ1v) is 6.88. The van der Waals surface area contributed by atoms with Gasteiger partial charge < -0.3 is 15.0 Å². The molecule has 96 valence electrons. The first-order valence-electron chi connectivity index (χ1n) is 6.88. The zero-order valence-electron chi connectivity index (χ0n) is 10.5. The van der Waals surface area contributed by atoms with Crippen LogP contribution in [0.1, 0.15) is 32.1 Å². The van der Waals surface area contributed by atoms with Gasteiger partial charge in [0.2, 0.25) is 5.91 Å². The fraction of sp³-hybridized carbons (Fsp3) is 0.923. The standard InChI is InChI=1S/C13H22N2O2/c1-15-7-5-11(13(15)16)14-10-3-2-4-12-9(10)6-8-17-12/h9-12,14H,2-8H2,1H3/t9-,10-,11+,12+/m1/s1. The fourth-order valence-electron chi connectivity index (χ4n) is 3.62. The van der Waals surface area contributed by atoms with Gasteiger partial charge in [0.15, 0.2) is 0 Å². The zero-order chi connectivity index (χ0) is 11.8. The van der Waals surface area contributed by atoms with Gasteiger partial charge in [-0.15, -0.1) is 0 Å². The third kappa shape index (κ3) is 2.08. The minimum atomic E-state index is 0.0596. The van der Waals surface area contributed by atoms with Crippen molar-refractivity contribution in [1.82, 2.24) is 10.2 Å². The molecule has 3 rings (SSSR count). The molecule has 0 bridgehead atoms. The Morgan fingerprint density at radius 3 is 2.94 bits per heavy atom. The van der Waals surface area contributed by atoms with Crippen LogP contribution in [0.4, 0.5) is 0 Å². The molecule has 1 saturated carbocycles. The first-order chi connectivity index (χ1) is 8.25. The molecule has 0 aromatic carbocycles. The molecule has 3 fully saturated rings. The summed E-state index contributed by atoms with van der Waals surface area (Å²) in [6.45, 7) is 1.81. The molecule has 17 heavy (non-hydrogen) atoms. The lowest BCUT2D eigenvalue weighted by atomic mass is 9.81. The van der Waals surface area contributed by atoms with Crippen LogP contribution >= 0.6 is 0 Å². The van der Waals surface area contributed by atoms with Gasteiger partial charge in [0, 0.05) is 32.2 Å². The zero-order valence-corrected chi connectivity index (χ0v) is 10.5. The molecular weight excluding hydrogens is 216 g/mol. The van der Waals surface area contributed by atoms with E-state index in [1.807, 2.05) is 11.9 Å². The Morgan fingerprint density at radius 2 is 2.18 bits per heavy atom. The van der Waals surface area contributed by atoms with Crippen LogP contribution in [0.15, 0.2) is 0 Å². The number of carbonyl (C=O) groups excluding carboxylic acids is 1. The van der Waals surface area contributed by atoms with Gasteiger partial charge in [0.1, 0.15) is 0 Å². The minimum absolute atomic E-state index is 0.0596. The minimum Gasteiger partial charge on any atom is -0.378 e. The van der Waals surface area contributed by atoms with Crippen LogP contribution in [0.2, 0.25) is 0 Å². The largest absolute Gasteiger partial charge is 0.378 e. The van der Waals surface area contributed by atoms with Crippen molar-refractivity contribution in [2.75, 3.05) is 20.2 Å². The van der Waals surface area contributed by atoms with Crippen molar-refractivity contribution in [3.8, 4) is 0 Å². The number of hydrogen-bond acceptors (Lipinski definition) is 3. The van der Waals surface area contributed by atoms with Crippen molar-refractivity contribution in [2.24, 2.45) is 5.92 Å². The maximum absolute atomic E-state index is 11.9. The Labute approximate surface area is 103 Å². The van der Waals surface area contributed by atoms with Crippen molar-refractivity contribution >= 4 is 5.91 Å². The summed E-state index contributed by atoms with van der Waals surface area (Å²) in [5, 5.41) is 3.60. The van der Waals surface area contributed by atoms with Crippen LogP contribution in [-0.2, 0) is 9.53 Å². The van der Waals surface area contributed by atoms with Crippen molar-refractivity contribution in [3.63, 3.8) is 0 Å². The molecule has 0 spiro atoms. The maximum Gasteiger partial charge on any atom is 0.239 e. The average Bonchev–Trinajstić information content (AvgIpc) is 2.91. The summed E-state index contributed by atoms with van der Waals surface area (Å²) in [7, 11) is 1.90. The molecule has 4 nitrogen and oxygen atoms in total. The molecular formula is C13H22N2O2. The molecule has 1 N–H and O–H groups in total. The predicted molar refractivity (Wildman–Crippen MR) is 64.7 cm³/mol. The molecule has 0 aromatic heterocycles. The molecule has 1 amide bonds. The van der Waals surface area contributed by atoms with Crippen LogP contribution in [0.5, 0.6) is 0 Å². The van der Waals surface area contributed by atoms with Crippen molar-refractivity contribution < 1.29 is 9.53 Å². The molecule has 1 aliphatic carbocycles. The summed E-state index contributed by atoms with van der Waals surface area (Å²) >= 11 is 0. The van der Waals surface area contributed by atoms with Crippen LogP contribution in [-0.4, -0.2) is 49.2 Å². The van der Waals surface area contributed by atoms with Crippen molar-refractivity contribution in [2.45, 2.75) is 50.3 Å². The number of likely N-dealkylation sites (tertiary alicyclic amines) is 1. The van der Waals surface area contributed by atoms with Gasteiger partial charge in [0.05, 0.1) is 12.1 Å². The van der Waals surface area contributed by atoms with E-state index in [4.69, 9.17) is 4.74 Å². The highest BCUT2D eigenvalue weighted by Gasteiger charge is 2.40. The summed E-state index contributed by atoms with van der Waals surface area (Å²) in [4.78, 5) is 13.7. The summed E-state index contributed by atoms with van der Waals surface area (Å²) in [5.74, 6) is 0.911. The van der Waals surface area contributed by atoms with E-state index in [1.54, 1.807) is 0 Å². The van der Waals surface area contributed by atoms with Gasteiger partial charge in [-0.25, -0.2) is 0 Å². The molecule has 3 aliphatic rings. The van der Waals surface area contributed by atoms with Gasteiger partial charge in [-0.2, -0.15) is 0 Å². The number of rotatable bonds is 2. The topological polar surface area (TPSA) is 41.6 Å². The van der Waals surface area contributed by atoms with Gasteiger partial charge in [-0.3, -0.25) is 4.79 Å². The Hall–Kier alpha value is -0.610. The quantitative estimate of drug-likeness (QED) is 0.772. The number of carbonyl (C=O) groups is 1. The predicted octanol–water partition coefficient (Wildman–Crippen LogP) is 0.764. The lowest BCUT2D eigenvalue weighted by molar-refractivity contribution is -0.128. The van der Waals surface area contributed by atoms with Crippen molar-refractivity contribution in [1.29, 1.82) is 0 Å². The van der Waals surface area contributed by atoms with E-state index >= 15 is 0 Å². The van der Waals surface area contributed by atoms with Gasteiger partial charge in [-0.1, -0.05) is 0 Å². The summed E-state index contributed by atoms with van der Waals surface area (Å²) in [6, 6.07) is 0.557. The van der Waals surface area contributed by atoms with E-state index in [1.165, 1.54) is 25.7 Å². The molecule has 0 aromatic rings. The second kappa shape index (κ2) is 4.58. The van der Waals surface area contributed by atoms with Gasteiger partial charge in [-0.05, 0) is 32.1 Å². The molecule has 4 heteroatoms. The van der Waals surface area contributed by atoms with Crippen LogP contribution in [0.3, 0.4) is 0 Å². The summed E-state index contributed by atoms with van der Waals surface area (Å²) in [5.41, 5.74) is 0. The smallest absolute Gasteiger partial charge is 0.239 e. The third-order valence-corrected chi connectivity index (χ3v) is 4.62. The van der Waals surface area contributed by atoms with E-state index in [0.29, 0.717) is 18.1 Å². The Balaban J connectivity index is 1.62.